The van der Waals surface area contributed by atoms with Crippen molar-refractivity contribution in [2.45, 2.75) is 26.0 Å². The smallest absolute Gasteiger partial charge is 0.100 e. The Balaban J connectivity index is 1.94. The van der Waals surface area contributed by atoms with E-state index in [9.17, 15) is 0 Å². The minimum absolute atomic E-state index is 0.0226. The lowest BCUT2D eigenvalue weighted by molar-refractivity contribution is 0.0316. The zero-order valence-corrected chi connectivity index (χ0v) is 8.86. The van der Waals surface area contributed by atoms with Crippen molar-refractivity contribution in [1.82, 2.24) is 4.90 Å². The van der Waals surface area contributed by atoms with Crippen LogP contribution in [0.4, 0.5) is 0 Å². The van der Waals surface area contributed by atoms with Gasteiger partial charge in [-0.3, -0.25) is 4.90 Å². The quantitative estimate of drug-likeness (QED) is 0.711. The summed E-state index contributed by atoms with van der Waals surface area (Å²) in [4.78, 5) is 2.33. The monoisotopic (exact) mass is 191 g/mol. The molecule has 1 aromatic carbocycles. The van der Waals surface area contributed by atoms with Crippen molar-refractivity contribution in [3.05, 3.63) is 35.9 Å². The van der Waals surface area contributed by atoms with Crippen LogP contribution in [0, 0.1) is 0 Å². The fraction of sp³-hybridized carbons (Fsp3) is 0.500. The Morgan fingerprint density at radius 2 is 2.00 bits per heavy atom. The van der Waals surface area contributed by atoms with E-state index in [0.717, 1.165) is 19.8 Å². The van der Waals surface area contributed by atoms with Crippen LogP contribution in [0.15, 0.2) is 30.3 Å². The Morgan fingerprint density at radius 3 is 2.57 bits per heavy atom. The number of rotatable bonds is 2. The number of benzene rings is 1. The summed E-state index contributed by atoms with van der Waals surface area (Å²) >= 11 is 0. The highest BCUT2D eigenvalue weighted by Gasteiger charge is 2.29. The molecule has 76 valence electrons. The molecule has 1 fully saturated rings. The van der Waals surface area contributed by atoms with Gasteiger partial charge in [-0.2, -0.15) is 0 Å². The van der Waals surface area contributed by atoms with Gasteiger partial charge in [0.05, 0.1) is 5.60 Å². The van der Waals surface area contributed by atoms with Crippen LogP contribution in [-0.4, -0.2) is 23.8 Å². The van der Waals surface area contributed by atoms with Crippen LogP contribution in [0.5, 0.6) is 0 Å². The van der Waals surface area contributed by atoms with Crippen LogP contribution >= 0.6 is 0 Å². The second kappa shape index (κ2) is 3.71. The van der Waals surface area contributed by atoms with E-state index in [4.69, 9.17) is 4.74 Å². The molecule has 2 heteroatoms. The van der Waals surface area contributed by atoms with Crippen LogP contribution in [0.1, 0.15) is 19.4 Å². The van der Waals surface area contributed by atoms with Gasteiger partial charge < -0.3 is 4.74 Å². The van der Waals surface area contributed by atoms with E-state index >= 15 is 0 Å². The van der Waals surface area contributed by atoms with Crippen molar-refractivity contribution in [2.24, 2.45) is 0 Å². The first-order valence-electron chi connectivity index (χ1n) is 5.06. The molecule has 0 aliphatic carbocycles. The van der Waals surface area contributed by atoms with Gasteiger partial charge in [-0.15, -0.1) is 0 Å². The molecule has 2 rings (SSSR count). The Hall–Kier alpha value is -0.860. The molecule has 0 bridgehead atoms. The van der Waals surface area contributed by atoms with Crippen LogP contribution in [-0.2, 0) is 11.3 Å². The molecule has 1 aliphatic heterocycles. The molecule has 0 amide bonds. The first kappa shape index (κ1) is 9.69. The van der Waals surface area contributed by atoms with Gasteiger partial charge in [0.25, 0.3) is 0 Å². The van der Waals surface area contributed by atoms with Gasteiger partial charge in [0.2, 0.25) is 0 Å². The summed E-state index contributed by atoms with van der Waals surface area (Å²) < 4.78 is 5.65. The number of hydrogen-bond donors (Lipinski definition) is 0. The molecule has 0 saturated carbocycles. The molecule has 0 radical (unpaired) electrons. The van der Waals surface area contributed by atoms with Crippen molar-refractivity contribution >= 4 is 0 Å². The van der Waals surface area contributed by atoms with Crippen LogP contribution in [0.25, 0.3) is 0 Å². The normalized spacial score (nSPS) is 21.3. The molecular weight excluding hydrogens is 174 g/mol. The lowest BCUT2D eigenvalue weighted by atomic mass is 10.1. The molecule has 1 saturated heterocycles. The molecule has 0 aromatic heterocycles. The fourth-order valence-corrected chi connectivity index (χ4v) is 1.84. The maximum atomic E-state index is 5.65. The standard InChI is InChI=1S/C12H17NO/c1-12(2)9-13(10-14-12)8-11-6-4-3-5-7-11/h3-7H,8-10H2,1-2H3. The molecule has 2 nitrogen and oxygen atoms in total. The molecule has 0 atom stereocenters. The summed E-state index contributed by atoms with van der Waals surface area (Å²) in [7, 11) is 0. The van der Waals surface area contributed by atoms with E-state index in [1.54, 1.807) is 0 Å². The third-order valence-corrected chi connectivity index (χ3v) is 2.49. The van der Waals surface area contributed by atoms with Gasteiger partial charge in [-0.05, 0) is 19.4 Å². The Labute approximate surface area is 85.5 Å². The van der Waals surface area contributed by atoms with Gasteiger partial charge in [0.15, 0.2) is 0 Å². The molecule has 0 N–H and O–H groups in total. The Morgan fingerprint density at radius 1 is 1.29 bits per heavy atom. The fourth-order valence-electron chi connectivity index (χ4n) is 1.84. The Bertz CT molecular complexity index is 294. The Kier molecular flexibility index (Phi) is 2.57. The van der Waals surface area contributed by atoms with Crippen LogP contribution in [0.3, 0.4) is 0 Å². The molecule has 14 heavy (non-hydrogen) atoms. The van der Waals surface area contributed by atoms with Crippen LogP contribution < -0.4 is 0 Å². The maximum Gasteiger partial charge on any atom is 0.100 e. The average molecular weight is 191 g/mol. The summed E-state index contributed by atoms with van der Waals surface area (Å²) in [5.41, 5.74) is 1.38. The summed E-state index contributed by atoms with van der Waals surface area (Å²) in [6.45, 7) is 7.03. The highest BCUT2D eigenvalue weighted by molar-refractivity contribution is 5.14. The largest absolute Gasteiger partial charge is 0.359 e. The van der Waals surface area contributed by atoms with Crippen molar-refractivity contribution in [2.75, 3.05) is 13.3 Å². The van der Waals surface area contributed by atoms with Crippen molar-refractivity contribution in [1.29, 1.82) is 0 Å². The second-order valence-corrected chi connectivity index (χ2v) is 4.51. The molecule has 1 aromatic rings. The van der Waals surface area contributed by atoms with E-state index in [-0.39, 0.29) is 5.60 Å². The molecule has 1 aliphatic rings. The number of hydrogen-bond acceptors (Lipinski definition) is 2. The molecule has 0 unspecified atom stereocenters. The first-order valence-corrected chi connectivity index (χ1v) is 5.06. The van der Waals surface area contributed by atoms with E-state index in [0.29, 0.717) is 0 Å². The minimum atomic E-state index is 0.0226. The average Bonchev–Trinajstić information content (AvgIpc) is 2.47. The van der Waals surface area contributed by atoms with Gasteiger partial charge in [-0.1, -0.05) is 30.3 Å². The number of ether oxygens (including phenoxy) is 1. The van der Waals surface area contributed by atoms with E-state index in [1.807, 2.05) is 6.07 Å². The first-order chi connectivity index (χ1) is 6.66. The van der Waals surface area contributed by atoms with Gasteiger partial charge >= 0.3 is 0 Å². The van der Waals surface area contributed by atoms with Crippen molar-refractivity contribution in [3.63, 3.8) is 0 Å². The predicted octanol–water partition coefficient (Wildman–Crippen LogP) is 2.25. The van der Waals surface area contributed by atoms with Gasteiger partial charge in [0, 0.05) is 13.1 Å². The highest BCUT2D eigenvalue weighted by atomic mass is 16.5. The van der Waals surface area contributed by atoms with E-state index in [2.05, 4.69) is 43.0 Å². The van der Waals surface area contributed by atoms with Crippen molar-refractivity contribution in [3.8, 4) is 0 Å². The molecule has 1 heterocycles. The maximum absolute atomic E-state index is 5.65. The topological polar surface area (TPSA) is 12.5 Å². The zero-order chi connectivity index (χ0) is 10.0. The van der Waals surface area contributed by atoms with Gasteiger partial charge in [0.1, 0.15) is 6.73 Å². The third kappa shape index (κ3) is 2.34. The van der Waals surface area contributed by atoms with E-state index < -0.39 is 0 Å². The second-order valence-electron chi connectivity index (χ2n) is 4.51. The van der Waals surface area contributed by atoms with Gasteiger partial charge in [-0.25, -0.2) is 0 Å². The SMILES string of the molecule is CC1(C)CN(Cc2ccccc2)CO1. The van der Waals surface area contributed by atoms with Crippen LogP contribution in [0.2, 0.25) is 0 Å². The predicted molar refractivity (Wildman–Crippen MR) is 56.9 cm³/mol. The third-order valence-electron chi connectivity index (χ3n) is 2.49. The van der Waals surface area contributed by atoms with Crippen molar-refractivity contribution < 1.29 is 4.74 Å². The molecule has 0 spiro atoms. The number of nitrogens with zero attached hydrogens (tertiary/aromatic N) is 1. The minimum Gasteiger partial charge on any atom is -0.359 e. The molecular formula is C12H17NO. The summed E-state index contributed by atoms with van der Waals surface area (Å²) in [5, 5.41) is 0. The summed E-state index contributed by atoms with van der Waals surface area (Å²) in [6.07, 6.45) is 0. The summed E-state index contributed by atoms with van der Waals surface area (Å²) in [6, 6.07) is 10.5. The zero-order valence-electron chi connectivity index (χ0n) is 8.86. The highest BCUT2D eigenvalue weighted by Crippen LogP contribution is 2.20. The summed E-state index contributed by atoms with van der Waals surface area (Å²) in [5.74, 6) is 0. The van der Waals surface area contributed by atoms with E-state index in [1.165, 1.54) is 5.56 Å². The lowest BCUT2D eigenvalue weighted by Crippen LogP contribution is -2.27. The lowest BCUT2D eigenvalue weighted by Gasteiger charge is -2.16.